The van der Waals surface area contributed by atoms with Crippen LogP contribution in [0.25, 0.3) is 0 Å². The van der Waals surface area contributed by atoms with Crippen molar-refractivity contribution < 1.29 is 0 Å². The zero-order valence-electron chi connectivity index (χ0n) is 5.97. The van der Waals surface area contributed by atoms with E-state index in [0.717, 1.165) is 6.04 Å². The molecule has 0 aromatic carbocycles. The summed E-state index contributed by atoms with van der Waals surface area (Å²) in [7, 11) is 1.49. The van der Waals surface area contributed by atoms with Crippen molar-refractivity contribution in [1.29, 1.82) is 0 Å². The average Bonchev–Trinajstić information content (AvgIpc) is 2.33. The molecule has 0 amide bonds. The smallest absolute Gasteiger partial charge is 0.124 e. The molecule has 2 heteroatoms. The third kappa shape index (κ3) is 1.01. The highest BCUT2D eigenvalue weighted by atomic mass is 15.2. The zero-order chi connectivity index (χ0) is 6.10. The molecule has 1 nitrogen and oxygen atoms in total. The summed E-state index contributed by atoms with van der Waals surface area (Å²) in [5, 5.41) is 0. The summed E-state index contributed by atoms with van der Waals surface area (Å²) in [5.74, 6) is 0. The van der Waals surface area contributed by atoms with Crippen molar-refractivity contribution in [3.63, 3.8) is 0 Å². The maximum Gasteiger partial charge on any atom is 0.124 e. The van der Waals surface area contributed by atoms with Crippen LogP contribution in [0.15, 0.2) is 0 Å². The molecule has 0 bridgehead atoms. The number of fused-ring (bicyclic) bond motifs is 1. The summed E-state index contributed by atoms with van der Waals surface area (Å²) in [5.41, 5.74) is 0. The second-order valence-corrected chi connectivity index (χ2v) is 3.33. The third-order valence-corrected chi connectivity index (χ3v) is 2.73. The van der Waals surface area contributed by atoms with Gasteiger partial charge in [-0.3, -0.25) is 0 Å². The van der Waals surface area contributed by atoms with Crippen molar-refractivity contribution in [2.75, 3.05) is 13.1 Å². The topological polar surface area (TPSA) is 3.24 Å². The molecule has 1 unspecified atom stereocenters. The van der Waals surface area contributed by atoms with Crippen LogP contribution in [0.2, 0.25) is 12.6 Å². The van der Waals surface area contributed by atoms with E-state index >= 15 is 0 Å². The molecule has 0 aromatic rings. The lowest BCUT2D eigenvalue weighted by Crippen LogP contribution is -2.35. The Morgan fingerprint density at radius 1 is 1.33 bits per heavy atom. The van der Waals surface area contributed by atoms with Gasteiger partial charge in [0.25, 0.3) is 0 Å². The second kappa shape index (κ2) is 2.33. The van der Waals surface area contributed by atoms with Gasteiger partial charge in [-0.2, -0.15) is 0 Å². The van der Waals surface area contributed by atoms with Crippen LogP contribution < -0.4 is 0 Å². The molecule has 2 aliphatic rings. The minimum absolute atomic E-state index is 0.999. The van der Waals surface area contributed by atoms with E-state index in [1.54, 1.807) is 0 Å². The van der Waals surface area contributed by atoms with Crippen molar-refractivity contribution in [2.45, 2.75) is 31.5 Å². The van der Waals surface area contributed by atoms with Gasteiger partial charge in [0.15, 0.2) is 0 Å². The van der Waals surface area contributed by atoms with Crippen molar-refractivity contribution in [2.24, 2.45) is 0 Å². The van der Waals surface area contributed by atoms with Crippen LogP contribution >= 0.6 is 0 Å². The van der Waals surface area contributed by atoms with Crippen LogP contribution in [0.1, 0.15) is 12.8 Å². The van der Waals surface area contributed by atoms with E-state index in [1.165, 1.54) is 45.9 Å². The van der Waals surface area contributed by atoms with Gasteiger partial charge in [0.2, 0.25) is 0 Å². The Kier molecular flexibility index (Phi) is 1.50. The van der Waals surface area contributed by atoms with Gasteiger partial charge in [0, 0.05) is 6.04 Å². The number of hydrogen-bond donors (Lipinski definition) is 0. The fraction of sp³-hybridized carbons (Fsp3) is 1.00. The van der Waals surface area contributed by atoms with Crippen molar-refractivity contribution >= 4 is 7.28 Å². The van der Waals surface area contributed by atoms with Gasteiger partial charge < -0.3 is 4.90 Å². The first-order chi connectivity index (χ1) is 4.47. The van der Waals surface area contributed by atoms with Crippen molar-refractivity contribution in [3.05, 3.63) is 0 Å². The first kappa shape index (κ1) is 5.78. The highest BCUT2D eigenvalue weighted by Crippen LogP contribution is 2.23. The SMILES string of the molecule is B1CCN2CCCC2C1. The Labute approximate surface area is 57.7 Å². The summed E-state index contributed by atoms with van der Waals surface area (Å²) in [4.78, 5) is 2.67. The van der Waals surface area contributed by atoms with E-state index in [0.29, 0.717) is 0 Å². The fourth-order valence-electron chi connectivity index (χ4n) is 2.21. The molecular formula is C7H14BN. The maximum atomic E-state index is 2.67. The van der Waals surface area contributed by atoms with Gasteiger partial charge >= 0.3 is 0 Å². The molecular weight excluding hydrogens is 109 g/mol. The van der Waals surface area contributed by atoms with E-state index in [-0.39, 0.29) is 0 Å². The molecule has 0 N–H and O–H groups in total. The monoisotopic (exact) mass is 123 g/mol. The Bertz CT molecular complexity index is 93.1. The minimum Gasteiger partial charge on any atom is -0.302 e. The van der Waals surface area contributed by atoms with Crippen molar-refractivity contribution in [1.82, 2.24) is 4.90 Å². The molecule has 2 rings (SSSR count). The van der Waals surface area contributed by atoms with Gasteiger partial charge in [-0.05, 0) is 25.9 Å². The number of nitrogens with zero attached hydrogens (tertiary/aromatic N) is 1. The zero-order valence-corrected chi connectivity index (χ0v) is 5.97. The molecule has 0 radical (unpaired) electrons. The van der Waals surface area contributed by atoms with E-state index in [4.69, 9.17) is 0 Å². The highest BCUT2D eigenvalue weighted by molar-refractivity contribution is 6.36. The predicted octanol–water partition coefficient (Wildman–Crippen LogP) is 0.738. The Morgan fingerprint density at radius 3 is 3.22 bits per heavy atom. The molecule has 1 atom stereocenters. The molecule has 0 aromatic heterocycles. The van der Waals surface area contributed by atoms with Gasteiger partial charge in [0.1, 0.15) is 7.28 Å². The van der Waals surface area contributed by atoms with E-state index in [9.17, 15) is 0 Å². The van der Waals surface area contributed by atoms with Gasteiger partial charge in [0.05, 0.1) is 0 Å². The van der Waals surface area contributed by atoms with Crippen LogP contribution in [0.4, 0.5) is 0 Å². The first-order valence-corrected chi connectivity index (χ1v) is 4.21. The summed E-state index contributed by atoms with van der Waals surface area (Å²) >= 11 is 0. The normalized spacial score (nSPS) is 35.8. The van der Waals surface area contributed by atoms with E-state index in [1.807, 2.05) is 0 Å². The fourth-order valence-corrected chi connectivity index (χ4v) is 2.21. The van der Waals surface area contributed by atoms with Crippen LogP contribution in [0.3, 0.4) is 0 Å². The standard InChI is InChI=1S/C7H14BN/c1-2-7-6-8-3-5-9(7)4-1/h7-8H,1-6H2. The van der Waals surface area contributed by atoms with Crippen LogP contribution in [0, 0.1) is 0 Å². The lowest BCUT2D eigenvalue weighted by Gasteiger charge is -2.28. The molecule has 9 heavy (non-hydrogen) atoms. The average molecular weight is 123 g/mol. The van der Waals surface area contributed by atoms with Gasteiger partial charge in [-0.15, -0.1) is 0 Å². The lowest BCUT2D eigenvalue weighted by molar-refractivity contribution is 0.272. The second-order valence-electron chi connectivity index (χ2n) is 3.33. The molecule has 0 saturated carbocycles. The molecule has 0 spiro atoms. The van der Waals surface area contributed by atoms with Gasteiger partial charge in [-0.25, -0.2) is 0 Å². The molecule has 50 valence electrons. The van der Waals surface area contributed by atoms with Crippen molar-refractivity contribution in [3.8, 4) is 0 Å². The van der Waals surface area contributed by atoms with Gasteiger partial charge in [-0.1, -0.05) is 12.6 Å². The summed E-state index contributed by atoms with van der Waals surface area (Å²) in [6.07, 6.45) is 5.89. The Balaban J connectivity index is 1.97. The molecule has 0 aliphatic carbocycles. The summed E-state index contributed by atoms with van der Waals surface area (Å²) < 4.78 is 0. The largest absolute Gasteiger partial charge is 0.302 e. The predicted molar refractivity (Wildman–Crippen MR) is 41.4 cm³/mol. The highest BCUT2D eigenvalue weighted by Gasteiger charge is 2.26. The minimum atomic E-state index is 0.999. The molecule has 2 saturated heterocycles. The summed E-state index contributed by atoms with van der Waals surface area (Å²) in [6.45, 7) is 2.79. The van der Waals surface area contributed by atoms with Crippen LogP contribution in [-0.4, -0.2) is 31.3 Å². The summed E-state index contributed by atoms with van der Waals surface area (Å²) in [6, 6.07) is 0.999. The Morgan fingerprint density at radius 2 is 2.33 bits per heavy atom. The molecule has 2 heterocycles. The molecule has 2 aliphatic heterocycles. The van der Waals surface area contributed by atoms with Crippen LogP contribution in [-0.2, 0) is 0 Å². The lowest BCUT2D eigenvalue weighted by atomic mass is 9.65. The Hall–Kier alpha value is 0.0249. The number of hydrogen-bond acceptors (Lipinski definition) is 1. The van der Waals surface area contributed by atoms with E-state index in [2.05, 4.69) is 4.90 Å². The first-order valence-electron chi connectivity index (χ1n) is 4.21. The quantitative estimate of drug-likeness (QED) is 0.429. The maximum absolute atomic E-state index is 2.67. The number of rotatable bonds is 0. The third-order valence-electron chi connectivity index (χ3n) is 2.73. The molecule has 2 fully saturated rings. The van der Waals surface area contributed by atoms with E-state index < -0.39 is 0 Å². The van der Waals surface area contributed by atoms with Crippen LogP contribution in [0.5, 0.6) is 0 Å².